The summed E-state index contributed by atoms with van der Waals surface area (Å²) in [7, 11) is 23.0. The molecule has 8 saturated heterocycles. The molecule has 0 spiro atoms. The van der Waals surface area contributed by atoms with Crippen molar-refractivity contribution in [3.63, 3.8) is 0 Å². The van der Waals surface area contributed by atoms with Gasteiger partial charge in [-0.05, 0) is 204 Å². The molecule has 11 aliphatic rings. The van der Waals surface area contributed by atoms with Gasteiger partial charge in [-0.3, -0.25) is 19.7 Å². The summed E-state index contributed by atoms with van der Waals surface area (Å²) in [6.45, 7) is 32.5. The lowest BCUT2D eigenvalue weighted by Gasteiger charge is -2.30. The zero-order chi connectivity index (χ0) is 81.5. The predicted molar refractivity (Wildman–Crippen MR) is 447 cm³/mol. The lowest BCUT2D eigenvalue weighted by atomic mass is 10.0. The summed E-state index contributed by atoms with van der Waals surface area (Å²) in [5.41, 5.74) is 6.61. The highest BCUT2D eigenvalue weighted by atomic mass is 16.5. The van der Waals surface area contributed by atoms with Gasteiger partial charge in [0.25, 0.3) is 0 Å². The molecule has 6 atom stereocenters. The number of ether oxygens (including phenoxy) is 4. The molecule has 0 bridgehead atoms. The number of aliphatic hydroxyl groups excluding tert-OH is 6. The second-order valence-corrected chi connectivity index (χ2v) is 30.8. The molecule has 0 unspecified atom stereocenters. The number of rotatable bonds is 6. The van der Waals surface area contributed by atoms with Gasteiger partial charge in [0.15, 0.2) is 0 Å². The number of aryl methyl sites for hydroxylation is 2. The zero-order valence-corrected chi connectivity index (χ0v) is 71.2. The molecule has 0 amide bonds. The average Bonchev–Trinajstić information content (AvgIpc) is 1.21. The quantitative estimate of drug-likeness (QED) is 0.129. The van der Waals surface area contributed by atoms with E-state index in [1.54, 1.807) is 31.0 Å². The molecular weight excluding hydrogens is 1420 g/mol. The molecule has 4 aromatic heterocycles. The largest absolute Gasteiger partial charge is 0.395 e. The van der Waals surface area contributed by atoms with Crippen molar-refractivity contribution in [2.24, 2.45) is 0 Å². The van der Waals surface area contributed by atoms with Gasteiger partial charge in [0.2, 0.25) is 0 Å². The molecule has 0 radical (unpaired) electrons. The first-order chi connectivity index (χ1) is 54.2. The van der Waals surface area contributed by atoms with E-state index in [0.29, 0.717) is 38.5 Å². The number of pyridine rings is 1. The van der Waals surface area contributed by atoms with E-state index in [1.165, 1.54) is 112 Å². The van der Waals surface area contributed by atoms with Crippen molar-refractivity contribution in [3.8, 4) is 0 Å². The number of nitrogens with zero attached hydrogens (tertiary/aromatic N) is 18. The van der Waals surface area contributed by atoms with E-state index in [9.17, 15) is 0 Å². The molecule has 16 rings (SSSR count). The molecule has 1 aromatic carbocycles. The van der Waals surface area contributed by atoms with Crippen LogP contribution in [-0.2, 0) is 58.0 Å². The minimum atomic E-state index is 0.0451. The molecule has 5 aromatic rings. The van der Waals surface area contributed by atoms with Gasteiger partial charge in [-0.15, -0.1) is 0 Å². The highest BCUT2D eigenvalue weighted by Gasteiger charge is 2.23. The van der Waals surface area contributed by atoms with Gasteiger partial charge in [0.05, 0.1) is 116 Å². The maximum absolute atomic E-state index is 8.74. The van der Waals surface area contributed by atoms with Crippen LogP contribution in [0.5, 0.6) is 0 Å². The second-order valence-electron chi connectivity index (χ2n) is 30.8. The number of fused-ring (bicyclic) bond motifs is 3. The van der Waals surface area contributed by atoms with Crippen LogP contribution in [-0.4, -0.2) is 423 Å². The standard InChI is InChI=1S/C10H13N.C8H11N3.C7H11N3.4C6H13NO2.2C6H13NO.C6H13N.C6H7N.C5H12N2.C5H6N2/c1-11-7-6-9-4-2-3-5-10(9)8-11;1-11-3-2-7-4-9-6-10-8(7)5-11;1-9-4-5-10-3-2-8-7(10)6-9;2*1-7-2-3-9-5-6(7)4-8;2*1-7-2-3-9-6(4-7)5-8;2*1-7-4-2-3-6(7)5-8;1-7-5-3-2-4-6-7;1-6-4-2-3-5-7-6;1-7-4-2-6-3-5-7;1-5-6-3-2-4-7-5/h2-5H,6-8H2,1H3;4,6H,2-3,5H2,1H3;2-3H,4-6H2,1H3;4*6,8H,2-5H2,1H3;2*6,8H,2-5H2,1H3;2-6H2,1H3;2-5H,1H3;6H,2-5H2,1H3;2-4H,1H3/t;;;6*6-;;;;/m...101010..../s1. The molecule has 8 fully saturated rings. The molecule has 0 saturated carbocycles. The Bertz CT molecular complexity index is 2850. The van der Waals surface area contributed by atoms with Crippen LogP contribution in [0.4, 0.5) is 0 Å². The van der Waals surface area contributed by atoms with Crippen LogP contribution in [0.1, 0.15) is 84.7 Å². The van der Waals surface area contributed by atoms with E-state index in [0.717, 1.165) is 149 Å². The number of aliphatic hydroxyl groups is 6. The maximum atomic E-state index is 8.74. The van der Waals surface area contributed by atoms with E-state index < -0.39 is 0 Å². The average molecular weight is 1580 g/mol. The third kappa shape index (κ3) is 44.3. The minimum Gasteiger partial charge on any atom is -0.395 e. The van der Waals surface area contributed by atoms with Crippen molar-refractivity contribution in [2.75, 3.05) is 268 Å². The lowest BCUT2D eigenvalue weighted by Crippen LogP contribution is -2.44. The molecule has 15 heterocycles. The first-order valence-electron chi connectivity index (χ1n) is 41.0. The number of nitrogens with one attached hydrogen (secondary N) is 1. The van der Waals surface area contributed by atoms with Crippen LogP contribution in [0.2, 0.25) is 0 Å². The maximum Gasteiger partial charge on any atom is 0.125 e. The summed E-state index contributed by atoms with van der Waals surface area (Å²) >= 11 is 0. The van der Waals surface area contributed by atoms with Gasteiger partial charge >= 0.3 is 0 Å². The number of likely N-dealkylation sites (tertiary alicyclic amines) is 3. The normalized spacial score (nSPS) is 23.8. The van der Waals surface area contributed by atoms with Crippen molar-refractivity contribution in [1.29, 1.82) is 0 Å². The van der Waals surface area contributed by atoms with Crippen molar-refractivity contribution < 1.29 is 49.6 Å². The third-order valence-corrected chi connectivity index (χ3v) is 21.1. The van der Waals surface area contributed by atoms with Crippen molar-refractivity contribution in [1.82, 2.24) is 93.7 Å². The van der Waals surface area contributed by atoms with Gasteiger partial charge in [-0.25, -0.2) is 24.9 Å². The zero-order valence-electron chi connectivity index (χ0n) is 71.2. The predicted octanol–water partition coefficient (Wildman–Crippen LogP) is 2.65. The van der Waals surface area contributed by atoms with Crippen molar-refractivity contribution in [2.45, 2.75) is 134 Å². The fourth-order valence-corrected chi connectivity index (χ4v) is 13.2. The topological polar surface area (TPSA) is 288 Å². The minimum absolute atomic E-state index is 0.0451. The number of aromatic nitrogens is 7. The van der Waals surface area contributed by atoms with E-state index in [-0.39, 0.29) is 50.7 Å². The first-order valence-corrected chi connectivity index (χ1v) is 41.0. The summed E-state index contributed by atoms with van der Waals surface area (Å²) in [6.07, 6.45) is 24.2. The molecule has 0 aliphatic carbocycles. The van der Waals surface area contributed by atoms with Crippen LogP contribution in [0.3, 0.4) is 0 Å². The monoisotopic (exact) mass is 1570 g/mol. The fourth-order valence-electron chi connectivity index (χ4n) is 13.2. The number of benzene rings is 1. The molecule has 29 heteroatoms. The number of imidazole rings is 1. The van der Waals surface area contributed by atoms with Crippen molar-refractivity contribution in [3.05, 3.63) is 132 Å². The lowest BCUT2D eigenvalue weighted by molar-refractivity contribution is -0.0454. The third-order valence-electron chi connectivity index (χ3n) is 21.1. The number of morpholine rings is 4. The Kier molecular flexibility index (Phi) is 54.3. The molecule has 11 aliphatic heterocycles. The first kappa shape index (κ1) is 99.2. The van der Waals surface area contributed by atoms with Crippen LogP contribution in [0.25, 0.3) is 0 Å². The number of hydrogen-bond acceptors (Lipinski definition) is 28. The summed E-state index contributed by atoms with van der Waals surface area (Å²) < 4.78 is 22.9. The summed E-state index contributed by atoms with van der Waals surface area (Å²) in [5, 5.41) is 55.5. The SMILES string of the molecule is CN1CCCCC1.CN1CCC[C@@H]1CO.CN1CCC[C@H]1CO.CN1CCNCC1.CN1CCOC[C@@H]1CO.CN1CCOC[C@H]1CO.CN1CCO[C@@H](CO)C1.CN1CCO[C@H](CO)C1.CN1CCc2ccccc2C1.CN1CCc2cncnc2C1.CN1CCn2ccnc2C1.Cc1ccccn1.Cc1ncccn1. The number of piperidine rings is 1. The highest BCUT2D eigenvalue weighted by molar-refractivity contribution is 5.29. The number of piperazine rings is 1. The Labute approximate surface area is 674 Å². The Hall–Kier alpha value is -5.14. The van der Waals surface area contributed by atoms with Gasteiger partial charge in [0.1, 0.15) is 18.0 Å². The van der Waals surface area contributed by atoms with Gasteiger partial charge in [-0.1, -0.05) is 36.8 Å². The van der Waals surface area contributed by atoms with E-state index >= 15 is 0 Å². The molecule has 638 valence electrons. The van der Waals surface area contributed by atoms with E-state index in [1.807, 2.05) is 78.8 Å². The second kappa shape index (κ2) is 61.2. The van der Waals surface area contributed by atoms with Crippen LogP contribution < -0.4 is 5.32 Å². The fraction of sp³-hybridized carbons (Fsp3) is 0.735. The molecule has 7 N–H and O–H groups in total. The Morgan fingerprint density at radius 3 is 1.30 bits per heavy atom. The van der Waals surface area contributed by atoms with Gasteiger partial charge in [-0.2, -0.15) is 0 Å². The van der Waals surface area contributed by atoms with E-state index in [2.05, 4.69) is 167 Å². The van der Waals surface area contributed by atoms with E-state index in [4.69, 9.17) is 49.6 Å². The van der Waals surface area contributed by atoms with Crippen LogP contribution in [0.15, 0.2) is 92.0 Å². The molecule has 112 heavy (non-hydrogen) atoms. The summed E-state index contributed by atoms with van der Waals surface area (Å²) in [5.74, 6) is 2.01. The van der Waals surface area contributed by atoms with Gasteiger partial charge in [0, 0.05) is 160 Å². The number of likely N-dealkylation sites (N-methyl/N-ethyl adjacent to an activating group) is 10. The van der Waals surface area contributed by atoms with Crippen LogP contribution >= 0.6 is 0 Å². The summed E-state index contributed by atoms with van der Waals surface area (Å²) in [4.78, 5) is 48.8. The van der Waals surface area contributed by atoms with Gasteiger partial charge < -0.3 is 98.7 Å². The van der Waals surface area contributed by atoms with Crippen LogP contribution in [0, 0.1) is 13.8 Å². The Morgan fingerprint density at radius 2 is 0.902 bits per heavy atom. The van der Waals surface area contributed by atoms with Crippen molar-refractivity contribution >= 4 is 0 Å². The summed E-state index contributed by atoms with van der Waals surface area (Å²) in [6, 6.07) is 17.7. The molecule has 29 nitrogen and oxygen atoms in total. The Balaban J connectivity index is 0.000000257. The molecular formula is C83H151N19O10. The smallest absolute Gasteiger partial charge is 0.125 e. The Morgan fingerprint density at radius 1 is 0.402 bits per heavy atom. The number of hydrogen-bond donors (Lipinski definition) is 7. The highest BCUT2D eigenvalue weighted by Crippen LogP contribution is 2.18.